The summed E-state index contributed by atoms with van der Waals surface area (Å²) in [5.41, 5.74) is 0. The number of hydrogen-bond acceptors (Lipinski definition) is 3. The Labute approximate surface area is 109 Å². The highest BCUT2D eigenvalue weighted by Gasteiger charge is 2.25. The largest absolute Gasteiger partial charge is 0.311 e. The van der Waals surface area contributed by atoms with Gasteiger partial charge in [0.05, 0.1) is 0 Å². The third kappa shape index (κ3) is 3.80. The summed E-state index contributed by atoms with van der Waals surface area (Å²) >= 11 is 1.87. The monoisotopic (exact) mass is 252 g/mol. The third-order valence-electron chi connectivity index (χ3n) is 3.48. The van der Waals surface area contributed by atoms with Gasteiger partial charge in [0.15, 0.2) is 0 Å². The topological polar surface area (TPSA) is 15.3 Å². The Morgan fingerprint density at radius 1 is 1.53 bits per heavy atom. The van der Waals surface area contributed by atoms with Crippen molar-refractivity contribution in [3.8, 4) is 0 Å². The first-order chi connectivity index (χ1) is 8.15. The van der Waals surface area contributed by atoms with Crippen molar-refractivity contribution in [2.24, 2.45) is 5.92 Å². The minimum absolute atomic E-state index is 0.653. The molecule has 0 amide bonds. The van der Waals surface area contributed by atoms with Gasteiger partial charge in [0.25, 0.3) is 0 Å². The molecule has 1 aromatic rings. The second-order valence-corrected chi connectivity index (χ2v) is 6.62. The van der Waals surface area contributed by atoms with Crippen LogP contribution in [0, 0.1) is 5.92 Å². The van der Waals surface area contributed by atoms with Crippen LogP contribution in [0.5, 0.6) is 0 Å². The predicted octanol–water partition coefficient (Wildman–Crippen LogP) is 2.96. The van der Waals surface area contributed by atoms with E-state index in [4.69, 9.17) is 0 Å². The van der Waals surface area contributed by atoms with Crippen molar-refractivity contribution in [1.82, 2.24) is 10.2 Å². The maximum atomic E-state index is 3.67. The standard InChI is InChI=1S/C14H24N2S/c1-11(2)7-13-9-16(12(3)8-15-13)10-14-5-4-6-17-14/h4-6,11-13,15H,7-10H2,1-3H3. The lowest BCUT2D eigenvalue weighted by Crippen LogP contribution is -2.55. The van der Waals surface area contributed by atoms with Crippen LogP contribution in [0.1, 0.15) is 32.1 Å². The van der Waals surface area contributed by atoms with Gasteiger partial charge in [0.2, 0.25) is 0 Å². The minimum Gasteiger partial charge on any atom is -0.311 e. The lowest BCUT2D eigenvalue weighted by molar-refractivity contribution is 0.126. The lowest BCUT2D eigenvalue weighted by Gasteiger charge is -2.39. The third-order valence-corrected chi connectivity index (χ3v) is 4.34. The Morgan fingerprint density at radius 3 is 3.00 bits per heavy atom. The molecule has 2 unspecified atom stereocenters. The number of nitrogens with one attached hydrogen (secondary N) is 1. The summed E-state index contributed by atoms with van der Waals surface area (Å²) in [5, 5.41) is 5.85. The van der Waals surface area contributed by atoms with Crippen LogP contribution < -0.4 is 5.32 Å². The van der Waals surface area contributed by atoms with Crippen molar-refractivity contribution in [3.05, 3.63) is 22.4 Å². The fourth-order valence-corrected chi connectivity index (χ4v) is 3.27. The van der Waals surface area contributed by atoms with E-state index in [1.807, 2.05) is 11.3 Å². The molecule has 2 nitrogen and oxygen atoms in total. The van der Waals surface area contributed by atoms with Crippen LogP contribution in [0.4, 0.5) is 0 Å². The first-order valence-corrected chi connectivity index (χ1v) is 7.53. The van der Waals surface area contributed by atoms with Crippen molar-refractivity contribution in [3.63, 3.8) is 0 Å². The van der Waals surface area contributed by atoms with E-state index in [1.165, 1.54) is 17.8 Å². The first kappa shape index (κ1) is 13.1. The Morgan fingerprint density at radius 2 is 2.35 bits per heavy atom. The summed E-state index contributed by atoms with van der Waals surface area (Å²) in [5.74, 6) is 0.782. The molecule has 1 aliphatic heterocycles. The Balaban J connectivity index is 1.90. The fraction of sp³-hybridized carbons (Fsp3) is 0.714. The van der Waals surface area contributed by atoms with E-state index in [0.29, 0.717) is 12.1 Å². The van der Waals surface area contributed by atoms with Crippen molar-refractivity contribution < 1.29 is 0 Å². The van der Waals surface area contributed by atoms with Gasteiger partial charge in [-0.25, -0.2) is 0 Å². The highest BCUT2D eigenvalue weighted by Crippen LogP contribution is 2.18. The molecule has 0 aromatic carbocycles. The van der Waals surface area contributed by atoms with E-state index in [-0.39, 0.29) is 0 Å². The van der Waals surface area contributed by atoms with Crippen LogP contribution in [-0.4, -0.2) is 30.1 Å². The molecule has 3 heteroatoms. The highest BCUT2D eigenvalue weighted by atomic mass is 32.1. The predicted molar refractivity (Wildman–Crippen MR) is 75.4 cm³/mol. The molecule has 2 rings (SSSR count). The SMILES string of the molecule is CC(C)CC1CN(Cc2cccs2)C(C)CN1. The Hall–Kier alpha value is -0.380. The van der Waals surface area contributed by atoms with E-state index < -0.39 is 0 Å². The van der Waals surface area contributed by atoms with E-state index in [9.17, 15) is 0 Å². The molecule has 1 saturated heterocycles. The van der Waals surface area contributed by atoms with Gasteiger partial charge in [-0.05, 0) is 30.7 Å². The summed E-state index contributed by atoms with van der Waals surface area (Å²) in [6.45, 7) is 10.4. The summed E-state index contributed by atoms with van der Waals surface area (Å²) in [6.07, 6.45) is 1.29. The molecule has 1 aromatic heterocycles. The van der Waals surface area contributed by atoms with Crippen LogP contribution in [0.3, 0.4) is 0 Å². The van der Waals surface area contributed by atoms with Crippen LogP contribution >= 0.6 is 11.3 Å². The molecule has 2 heterocycles. The van der Waals surface area contributed by atoms with Crippen LogP contribution in [-0.2, 0) is 6.54 Å². The zero-order chi connectivity index (χ0) is 12.3. The summed E-state index contributed by atoms with van der Waals surface area (Å²) in [6, 6.07) is 5.72. The van der Waals surface area contributed by atoms with Gasteiger partial charge in [-0.3, -0.25) is 4.90 Å². The molecule has 0 spiro atoms. The summed E-state index contributed by atoms with van der Waals surface area (Å²) in [7, 11) is 0. The molecule has 2 atom stereocenters. The number of piperazine rings is 1. The normalized spacial score (nSPS) is 26.6. The molecule has 1 aliphatic rings. The van der Waals surface area contributed by atoms with Gasteiger partial charge in [-0.15, -0.1) is 11.3 Å². The van der Waals surface area contributed by atoms with Gasteiger partial charge in [0.1, 0.15) is 0 Å². The van der Waals surface area contributed by atoms with Crippen molar-refractivity contribution in [2.45, 2.75) is 45.8 Å². The summed E-state index contributed by atoms with van der Waals surface area (Å²) in [4.78, 5) is 4.11. The van der Waals surface area contributed by atoms with Crippen molar-refractivity contribution >= 4 is 11.3 Å². The van der Waals surface area contributed by atoms with E-state index in [2.05, 4.69) is 48.5 Å². The average molecular weight is 252 g/mol. The summed E-state index contributed by atoms with van der Waals surface area (Å²) < 4.78 is 0. The van der Waals surface area contributed by atoms with Gasteiger partial charge in [-0.2, -0.15) is 0 Å². The second kappa shape index (κ2) is 5.98. The molecule has 17 heavy (non-hydrogen) atoms. The Kier molecular flexibility index (Phi) is 4.60. The maximum absolute atomic E-state index is 3.67. The van der Waals surface area contributed by atoms with E-state index in [0.717, 1.165) is 19.0 Å². The molecule has 96 valence electrons. The Bertz CT molecular complexity index is 321. The number of nitrogens with zero attached hydrogens (tertiary/aromatic N) is 1. The molecule has 0 aliphatic carbocycles. The molecular weight excluding hydrogens is 228 g/mol. The number of thiophene rings is 1. The molecular formula is C14H24N2S. The average Bonchev–Trinajstić information content (AvgIpc) is 2.75. The van der Waals surface area contributed by atoms with Gasteiger partial charge in [-0.1, -0.05) is 19.9 Å². The number of rotatable bonds is 4. The molecule has 0 saturated carbocycles. The van der Waals surface area contributed by atoms with Crippen molar-refractivity contribution in [2.75, 3.05) is 13.1 Å². The molecule has 1 fully saturated rings. The number of hydrogen-bond donors (Lipinski definition) is 1. The molecule has 0 radical (unpaired) electrons. The van der Waals surface area contributed by atoms with E-state index >= 15 is 0 Å². The van der Waals surface area contributed by atoms with E-state index in [1.54, 1.807) is 0 Å². The van der Waals surface area contributed by atoms with Crippen LogP contribution in [0.25, 0.3) is 0 Å². The molecule has 1 N–H and O–H groups in total. The van der Waals surface area contributed by atoms with Crippen LogP contribution in [0.15, 0.2) is 17.5 Å². The van der Waals surface area contributed by atoms with Crippen molar-refractivity contribution in [1.29, 1.82) is 0 Å². The van der Waals surface area contributed by atoms with Gasteiger partial charge >= 0.3 is 0 Å². The zero-order valence-electron chi connectivity index (χ0n) is 11.1. The first-order valence-electron chi connectivity index (χ1n) is 6.65. The fourth-order valence-electron chi connectivity index (χ4n) is 2.54. The van der Waals surface area contributed by atoms with Crippen LogP contribution in [0.2, 0.25) is 0 Å². The lowest BCUT2D eigenvalue weighted by atomic mass is 10.00. The second-order valence-electron chi connectivity index (χ2n) is 5.59. The maximum Gasteiger partial charge on any atom is 0.0331 e. The quantitative estimate of drug-likeness (QED) is 0.886. The zero-order valence-corrected chi connectivity index (χ0v) is 12.0. The minimum atomic E-state index is 0.653. The van der Waals surface area contributed by atoms with Gasteiger partial charge in [0, 0.05) is 36.6 Å². The smallest absolute Gasteiger partial charge is 0.0331 e. The highest BCUT2D eigenvalue weighted by molar-refractivity contribution is 7.09. The van der Waals surface area contributed by atoms with Gasteiger partial charge < -0.3 is 5.32 Å². The molecule has 0 bridgehead atoms.